The molecule has 0 radical (unpaired) electrons. The smallest absolute Gasteiger partial charge is 0.224 e. The number of ether oxygens (including phenoxy) is 1. The van der Waals surface area contributed by atoms with E-state index in [-0.39, 0.29) is 11.2 Å². The second-order valence-electron chi connectivity index (χ2n) is 5.18. The molecular formula is C13H23FN4O. The Kier molecular flexibility index (Phi) is 5.95. The molecule has 1 aromatic heterocycles. The summed E-state index contributed by atoms with van der Waals surface area (Å²) in [6.07, 6.45) is 2.07. The quantitative estimate of drug-likeness (QED) is 0.760. The third-order valence-corrected chi connectivity index (χ3v) is 2.80. The first-order valence-corrected chi connectivity index (χ1v) is 6.47. The number of aromatic nitrogens is 2. The molecule has 1 rings (SSSR count). The molecule has 2 N–H and O–H groups in total. The number of nitrogens with one attached hydrogen (secondary N) is 2. The van der Waals surface area contributed by atoms with Crippen molar-refractivity contribution in [3.05, 3.63) is 12.0 Å². The molecule has 1 heterocycles. The largest absolute Gasteiger partial charge is 0.385 e. The van der Waals surface area contributed by atoms with Gasteiger partial charge in [-0.15, -0.1) is 0 Å². The van der Waals surface area contributed by atoms with Crippen molar-refractivity contribution in [1.29, 1.82) is 0 Å². The van der Waals surface area contributed by atoms with Crippen molar-refractivity contribution in [2.24, 2.45) is 5.41 Å². The van der Waals surface area contributed by atoms with E-state index < -0.39 is 5.82 Å². The Labute approximate surface area is 114 Å². The van der Waals surface area contributed by atoms with E-state index in [1.807, 2.05) is 6.92 Å². The van der Waals surface area contributed by atoms with E-state index in [1.54, 1.807) is 7.11 Å². The Morgan fingerprint density at radius 1 is 1.37 bits per heavy atom. The van der Waals surface area contributed by atoms with Gasteiger partial charge in [0.2, 0.25) is 5.95 Å². The van der Waals surface area contributed by atoms with Crippen LogP contribution < -0.4 is 10.6 Å². The summed E-state index contributed by atoms with van der Waals surface area (Å²) in [7, 11) is 1.68. The fourth-order valence-electron chi connectivity index (χ4n) is 1.52. The van der Waals surface area contributed by atoms with Gasteiger partial charge >= 0.3 is 0 Å². The van der Waals surface area contributed by atoms with Gasteiger partial charge in [0.05, 0.1) is 6.20 Å². The van der Waals surface area contributed by atoms with Crippen LogP contribution in [0.3, 0.4) is 0 Å². The second kappa shape index (κ2) is 7.23. The zero-order chi connectivity index (χ0) is 14.3. The number of methoxy groups -OCH3 is 1. The van der Waals surface area contributed by atoms with Gasteiger partial charge in [-0.1, -0.05) is 13.8 Å². The Bertz CT molecular complexity index is 398. The number of rotatable bonds is 8. The summed E-state index contributed by atoms with van der Waals surface area (Å²) < 4.78 is 18.7. The number of nitrogens with zero attached hydrogens (tertiary/aromatic N) is 2. The van der Waals surface area contributed by atoms with Crippen molar-refractivity contribution in [2.75, 3.05) is 37.4 Å². The summed E-state index contributed by atoms with van der Waals surface area (Å²) in [5, 5.41) is 6.00. The molecular weight excluding hydrogens is 247 g/mol. The summed E-state index contributed by atoms with van der Waals surface area (Å²) in [5.74, 6) is 0.224. The predicted molar refractivity (Wildman–Crippen MR) is 74.9 cm³/mol. The van der Waals surface area contributed by atoms with Gasteiger partial charge < -0.3 is 15.4 Å². The van der Waals surface area contributed by atoms with Gasteiger partial charge in [-0.2, -0.15) is 4.98 Å². The lowest BCUT2D eigenvalue weighted by Gasteiger charge is -2.25. The van der Waals surface area contributed by atoms with Gasteiger partial charge in [-0.05, 0) is 18.8 Å². The zero-order valence-corrected chi connectivity index (χ0v) is 12.1. The van der Waals surface area contributed by atoms with E-state index >= 15 is 0 Å². The highest BCUT2D eigenvalue weighted by molar-refractivity contribution is 5.41. The Balaban J connectivity index is 2.63. The molecule has 5 nitrogen and oxygen atoms in total. The van der Waals surface area contributed by atoms with Crippen molar-refractivity contribution < 1.29 is 9.13 Å². The standard InChI is InChI=1S/C13H23FN4O/c1-5-15-12-16-8-10(14)11(18-12)17-9-13(2,3)6-7-19-4/h8H,5-7,9H2,1-4H3,(H2,15,16,17,18). The van der Waals surface area contributed by atoms with E-state index in [0.717, 1.165) is 6.42 Å². The van der Waals surface area contributed by atoms with Crippen LogP contribution in [0, 0.1) is 11.2 Å². The molecule has 0 aliphatic heterocycles. The van der Waals surface area contributed by atoms with Crippen LogP contribution in [0.25, 0.3) is 0 Å². The highest BCUT2D eigenvalue weighted by Crippen LogP contribution is 2.21. The van der Waals surface area contributed by atoms with Crippen LogP contribution in [0.2, 0.25) is 0 Å². The van der Waals surface area contributed by atoms with Gasteiger partial charge in [0.1, 0.15) is 0 Å². The lowest BCUT2D eigenvalue weighted by atomic mass is 9.90. The van der Waals surface area contributed by atoms with E-state index in [2.05, 4.69) is 34.4 Å². The first-order chi connectivity index (χ1) is 8.98. The van der Waals surface area contributed by atoms with Crippen molar-refractivity contribution >= 4 is 11.8 Å². The van der Waals surface area contributed by atoms with E-state index in [0.29, 0.717) is 25.6 Å². The maximum Gasteiger partial charge on any atom is 0.224 e. The summed E-state index contributed by atoms with van der Waals surface area (Å²) in [6.45, 7) is 8.14. The monoisotopic (exact) mass is 270 g/mol. The molecule has 0 saturated heterocycles. The predicted octanol–water partition coefficient (Wildman–Crippen LogP) is 2.52. The molecule has 108 valence electrons. The molecule has 0 fully saturated rings. The molecule has 0 aliphatic rings. The lowest BCUT2D eigenvalue weighted by molar-refractivity contribution is 0.157. The van der Waals surface area contributed by atoms with Crippen molar-refractivity contribution in [3.8, 4) is 0 Å². The minimum Gasteiger partial charge on any atom is -0.385 e. The lowest BCUT2D eigenvalue weighted by Crippen LogP contribution is -2.25. The minimum atomic E-state index is -0.441. The second-order valence-corrected chi connectivity index (χ2v) is 5.18. The van der Waals surface area contributed by atoms with Crippen LogP contribution >= 0.6 is 0 Å². The van der Waals surface area contributed by atoms with Crippen LogP contribution in [0.4, 0.5) is 16.2 Å². The molecule has 0 spiro atoms. The summed E-state index contributed by atoms with van der Waals surface area (Å²) >= 11 is 0. The van der Waals surface area contributed by atoms with Crippen LogP contribution in [-0.4, -0.2) is 36.8 Å². The normalized spacial score (nSPS) is 11.4. The van der Waals surface area contributed by atoms with E-state index in [4.69, 9.17) is 4.74 Å². The molecule has 0 atom stereocenters. The van der Waals surface area contributed by atoms with Gasteiger partial charge in [0, 0.05) is 26.8 Å². The molecule has 0 aromatic carbocycles. The average molecular weight is 270 g/mol. The van der Waals surface area contributed by atoms with Crippen LogP contribution in [-0.2, 0) is 4.74 Å². The highest BCUT2D eigenvalue weighted by atomic mass is 19.1. The fourth-order valence-corrected chi connectivity index (χ4v) is 1.52. The van der Waals surface area contributed by atoms with Gasteiger partial charge in [0.25, 0.3) is 0 Å². The molecule has 0 unspecified atom stereocenters. The molecule has 0 bridgehead atoms. The maximum atomic E-state index is 13.6. The Hall–Kier alpha value is -1.43. The van der Waals surface area contributed by atoms with Crippen molar-refractivity contribution in [2.45, 2.75) is 27.2 Å². The SMILES string of the molecule is CCNc1ncc(F)c(NCC(C)(C)CCOC)n1. The molecule has 19 heavy (non-hydrogen) atoms. The number of hydrogen-bond donors (Lipinski definition) is 2. The molecule has 1 aromatic rings. The average Bonchev–Trinajstić information content (AvgIpc) is 2.37. The number of anilines is 2. The summed E-state index contributed by atoms with van der Waals surface area (Å²) in [4.78, 5) is 7.97. The first kappa shape index (κ1) is 15.6. The highest BCUT2D eigenvalue weighted by Gasteiger charge is 2.18. The van der Waals surface area contributed by atoms with Crippen LogP contribution in [0.5, 0.6) is 0 Å². The fraction of sp³-hybridized carbons (Fsp3) is 0.692. The first-order valence-electron chi connectivity index (χ1n) is 6.47. The zero-order valence-electron chi connectivity index (χ0n) is 12.1. The molecule has 0 amide bonds. The molecule has 0 saturated carbocycles. The number of hydrogen-bond acceptors (Lipinski definition) is 5. The Morgan fingerprint density at radius 2 is 2.11 bits per heavy atom. The minimum absolute atomic E-state index is 0.00570. The Morgan fingerprint density at radius 3 is 2.74 bits per heavy atom. The van der Waals surface area contributed by atoms with Crippen LogP contribution in [0.1, 0.15) is 27.2 Å². The van der Waals surface area contributed by atoms with Gasteiger partial charge in [-0.3, -0.25) is 0 Å². The van der Waals surface area contributed by atoms with Gasteiger partial charge in [0.15, 0.2) is 11.6 Å². The number of halogens is 1. The van der Waals surface area contributed by atoms with Crippen molar-refractivity contribution in [1.82, 2.24) is 9.97 Å². The maximum absolute atomic E-state index is 13.6. The van der Waals surface area contributed by atoms with Gasteiger partial charge in [-0.25, -0.2) is 9.37 Å². The molecule has 0 aliphatic carbocycles. The van der Waals surface area contributed by atoms with E-state index in [1.165, 1.54) is 6.20 Å². The van der Waals surface area contributed by atoms with E-state index in [9.17, 15) is 4.39 Å². The van der Waals surface area contributed by atoms with Crippen molar-refractivity contribution in [3.63, 3.8) is 0 Å². The third kappa shape index (κ3) is 5.38. The summed E-state index contributed by atoms with van der Waals surface area (Å²) in [6, 6.07) is 0. The van der Waals surface area contributed by atoms with Crippen LogP contribution in [0.15, 0.2) is 6.20 Å². The summed E-state index contributed by atoms with van der Waals surface area (Å²) in [5.41, 5.74) is 0.00570. The third-order valence-electron chi connectivity index (χ3n) is 2.80. The molecule has 6 heteroatoms. The topological polar surface area (TPSA) is 59.1 Å².